The second-order valence-corrected chi connectivity index (χ2v) is 8.52. The Morgan fingerprint density at radius 2 is 1.81 bits per heavy atom. The van der Waals surface area contributed by atoms with Crippen molar-refractivity contribution in [2.45, 2.75) is 39.0 Å². The number of nitrogens with zero attached hydrogens (tertiary/aromatic N) is 2. The van der Waals surface area contributed by atoms with Gasteiger partial charge in [0, 0.05) is 17.4 Å². The normalized spacial score (nSPS) is 18.1. The van der Waals surface area contributed by atoms with E-state index in [1.807, 2.05) is 91.2 Å². The molecule has 3 heterocycles. The van der Waals surface area contributed by atoms with Crippen molar-refractivity contribution in [3.8, 4) is 0 Å². The average Bonchev–Trinajstić information content (AvgIpc) is 3.39. The van der Waals surface area contributed by atoms with Crippen LogP contribution in [0.4, 0.5) is 0 Å². The lowest BCUT2D eigenvalue weighted by Gasteiger charge is -2.43. The molecule has 32 heavy (non-hydrogen) atoms. The molecule has 2 aromatic heterocycles. The molecular weight excluding hydrogens is 402 g/mol. The zero-order valence-electron chi connectivity index (χ0n) is 18.2. The number of hydrogen-bond acceptors (Lipinski definition) is 3. The summed E-state index contributed by atoms with van der Waals surface area (Å²) < 4.78 is 7.71. The molecule has 0 saturated heterocycles. The summed E-state index contributed by atoms with van der Waals surface area (Å²) in [4.78, 5) is 28.9. The molecule has 2 amide bonds. The zero-order valence-corrected chi connectivity index (χ0v) is 18.2. The molecule has 0 spiro atoms. The third-order valence-electron chi connectivity index (χ3n) is 6.23. The number of hydrogen-bond donors (Lipinski definition) is 1. The minimum atomic E-state index is -1.08. The lowest BCUT2D eigenvalue weighted by atomic mass is 9.94. The molecule has 0 aliphatic carbocycles. The van der Waals surface area contributed by atoms with E-state index in [4.69, 9.17) is 4.42 Å². The summed E-state index contributed by atoms with van der Waals surface area (Å²) >= 11 is 0. The van der Waals surface area contributed by atoms with Gasteiger partial charge in [0.15, 0.2) is 0 Å². The molecule has 1 N–H and O–H groups in total. The van der Waals surface area contributed by atoms with Gasteiger partial charge in [0.2, 0.25) is 5.91 Å². The van der Waals surface area contributed by atoms with Gasteiger partial charge in [-0.2, -0.15) is 0 Å². The fourth-order valence-electron chi connectivity index (χ4n) is 4.45. The quantitative estimate of drug-likeness (QED) is 0.517. The molecule has 2 aromatic carbocycles. The largest absolute Gasteiger partial charge is 0.464 e. The van der Waals surface area contributed by atoms with E-state index in [0.29, 0.717) is 24.5 Å². The van der Waals surface area contributed by atoms with Crippen LogP contribution >= 0.6 is 0 Å². The lowest BCUT2D eigenvalue weighted by molar-refractivity contribution is -0.133. The summed E-state index contributed by atoms with van der Waals surface area (Å²) in [5.41, 5.74) is 1.46. The first-order valence-electron chi connectivity index (χ1n) is 10.7. The predicted molar refractivity (Wildman–Crippen MR) is 122 cm³/mol. The van der Waals surface area contributed by atoms with Crippen molar-refractivity contribution in [1.29, 1.82) is 0 Å². The molecule has 0 fully saturated rings. The number of fused-ring (bicyclic) bond motifs is 3. The number of nitrogens with one attached hydrogen (secondary N) is 1. The van der Waals surface area contributed by atoms with E-state index in [0.717, 1.165) is 22.2 Å². The van der Waals surface area contributed by atoms with Gasteiger partial charge < -0.3 is 19.2 Å². The number of aromatic nitrogens is 1. The van der Waals surface area contributed by atoms with Crippen molar-refractivity contribution in [1.82, 2.24) is 14.8 Å². The highest BCUT2D eigenvalue weighted by Gasteiger charge is 2.47. The van der Waals surface area contributed by atoms with Crippen LogP contribution < -0.4 is 5.32 Å². The Morgan fingerprint density at radius 3 is 2.56 bits per heavy atom. The van der Waals surface area contributed by atoms with Crippen molar-refractivity contribution in [2.75, 3.05) is 0 Å². The molecule has 1 aliphatic rings. The number of amides is 2. The number of aryl methyl sites for hydroxylation is 1. The van der Waals surface area contributed by atoms with Crippen molar-refractivity contribution >= 4 is 22.7 Å². The van der Waals surface area contributed by atoms with Crippen LogP contribution in [0.25, 0.3) is 10.9 Å². The number of benzene rings is 2. The highest BCUT2D eigenvalue weighted by Crippen LogP contribution is 2.33. The summed E-state index contributed by atoms with van der Waals surface area (Å²) in [5.74, 6) is 1.05. The van der Waals surface area contributed by atoms with Crippen LogP contribution in [0.15, 0.2) is 77.2 Å². The monoisotopic (exact) mass is 427 g/mol. The van der Waals surface area contributed by atoms with E-state index in [-0.39, 0.29) is 18.4 Å². The summed E-state index contributed by atoms with van der Waals surface area (Å²) in [6, 6.07) is 23.3. The Labute approximate surface area is 186 Å². The highest BCUT2D eigenvalue weighted by molar-refractivity contribution is 6.03. The van der Waals surface area contributed by atoms with Crippen LogP contribution in [-0.2, 0) is 24.4 Å². The van der Waals surface area contributed by atoms with Gasteiger partial charge in [-0.1, -0.05) is 48.5 Å². The van der Waals surface area contributed by atoms with E-state index >= 15 is 0 Å². The molecule has 0 saturated carbocycles. The third kappa shape index (κ3) is 3.38. The van der Waals surface area contributed by atoms with E-state index in [2.05, 4.69) is 5.32 Å². The second kappa shape index (κ2) is 7.71. The second-order valence-electron chi connectivity index (χ2n) is 8.52. The molecular formula is C26H25N3O3. The molecule has 1 atom stereocenters. The topological polar surface area (TPSA) is 67.5 Å². The predicted octanol–water partition coefficient (Wildman–Crippen LogP) is 4.27. The highest BCUT2D eigenvalue weighted by atomic mass is 16.3. The Balaban J connectivity index is 1.53. The van der Waals surface area contributed by atoms with Gasteiger partial charge in [-0.3, -0.25) is 9.59 Å². The van der Waals surface area contributed by atoms with Gasteiger partial charge in [-0.15, -0.1) is 0 Å². The lowest BCUT2D eigenvalue weighted by Crippen LogP contribution is -2.63. The van der Waals surface area contributed by atoms with Crippen molar-refractivity contribution in [2.24, 2.45) is 0 Å². The van der Waals surface area contributed by atoms with E-state index in [1.165, 1.54) is 0 Å². The zero-order chi connectivity index (χ0) is 22.3. The van der Waals surface area contributed by atoms with Gasteiger partial charge >= 0.3 is 0 Å². The summed E-state index contributed by atoms with van der Waals surface area (Å²) in [6.45, 7) is 4.69. The fourth-order valence-corrected chi connectivity index (χ4v) is 4.45. The molecule has 6 heteroatoms. The Bertz CT molecular complexity index is 1300. The Morgan fingerprint density at radius 1 is 1.06 bits per heavy atom. The standard InChI is InChI=1S/C26H25N3O3/c1-18-12-13-21(32-18)16-29-24(30)23-14-20-10-6-7-11-22(20)28(23)17-26(29,2)25(31)27-15-19-8-4-3-5-9-19/h3-14H,15-17H2,1-2H3,(H,27,31)/t26-/m1/s1. The minimum Gasteiger partial charge on any atom is -0.464 e. The molecule has 1 aliphatic heterocycles. The first-order chi connectivity index (χ1) is 15.5. The number of carbonyl (C=O) groups excluding carboxylic acids is 2. The van der Waals surface area contributed by atoms with Gasteiger partial charge in [0.05, 0.1) is 13.1 Å². The van der Waals surface area contributed by atoms with Gasteiger partial charge in [-0.25, -0.2) is 0 Å². The van der Waals surface area contributed by atoms with Crippen LogP contribution in [0.3, 0.4) is 0 Å². The Hall–Kier alpha value is -3.80. The fraction of sp³-hybridized carbons (Fsp3) is 0.231. The average molecular weight is 428 g/mol. The molecule has 4 aromatic rings. The van der Waals surface area contributed by atoms with Crippen LogP contribution in [0, 0.1) is 6.92 Å². The van der Waals surface area contributed by atoms with E-state index < -0.39 is 5.54 Å². The van der Waals surface area contributed by atoms with E-state index in [1.54, 1.807) is 4.90 Å². The van der Waals surface area contributed by atoms with Crippen LogP contribution in [0.1, 0.15) is 34.5 Å². The van der Waals surface area contributed by atoms with Crippen molar-refractivity contribution in [3.05, 3.63) is 95.6 Å². The summed E-state index contributed by atoms with van der Waals surface area (Å²) in [6.07, 6.45) is 0. The summed E-state index contributed by atoms with van der Waals surface area (Å²) in [7, 11) is 0. The first-order valence-corrected chi connectivity index (χ1v) is 10.7. The number of rotatable bonds is 5. The summed E-state index contributed by atoms with van der Waals surface area (Å²) in [5, 5.41) is 4.03. The molecule has 6 nitrogen and oxygen atoms in total. The Kier molecular flexibility index (Phi) is 4.85. The maximum atomic E-state index is 13.7. The first kappa shape index (κ1) is 20.1. The van der Waals surface area contributed by atoms with E-state index in [9.17, 15) is 9.59 Å². The van der Waals surface area contributed by atoms with Gasteiger partial charge in [-0.05, 0) is 43.7 Å². The van der Waals surface area contributed by atoms with Crippen molar-refractivity contribution in [3.63, 3.8) is 0 Å². The maximum Gasteiger partial charge on any atom is 0.271 e. The molecule has 0 bridgehead atoms. The SMILES string of the molecule is Cc1ccc(CN2C(=O)c3cc4ccccc4n3C[C@]2(C)C(=O)NCc2ccccc2)o1. The number of carbonyl (C=O) groups is 2. The van der Waals surface area contributed by atoms with Gasteiger partial charge in [0.1, 0.15) is 22.8 Å². The van der Waals surface area contributed by atoms with Crippen LogP contribution in [0.2, 0.25) is 0 Å². The molecule has 0 radical (unpaired) electrons. The number of furan rings is 1. The number of para-hydroxylation sites is 1. The van der Waals surface area contributed by atoms with Crippen molar-refractivity contribution < 1.29 is 14.0 Å². The molecule has 162 valence electrons. The van der Waals surface area contributed by atoms with Crippen LogP contribution in [-0.4, -0.2) is 26.8 Å². The minimum absolute atomic E-state index is 0.182. The van der Waals surface area contributed by atoms with Crippen LogP contribution in [0.5, 0.6) is 0 Å². The van der Waals surface area contributed by atoms with Gasteiger partial charge in [0.25, 0.3) is 5.91 Å². The smallest absolute Gasteiger partial charge is 0.271 e. The third-order valence-corrected chi connectivity index (χ3v) is 6.23. The molecule has 5 rings (SSSR count). The maximum absolute atomic E-state index is 13.7. The molecule has 0 unspecified atom stereocenters.